The minimum atomic E-state index is 0.130. The number of fused-ring (bicyclic) bond motifs is 1. The summed E-state index contributed by atoms with van der Waals surface area (Å²) in [6, 6.07) is 0.804. The van der Waals surface area contributed by atoms with Crippen LogP contribution in [-0.4, -0.2) is 48.2 Å². The van der Waals surface area contributed by atoms with Gasteiger partial charge < -0.3 is 10.1 Å². The van der Waals surface area contributed by atoms with Gasteiger partial charge in [0.15, 0.2) is 0 Å². The molecule has 2 bridgehead atoms. The van der Waals surface area contributed by atoms with Gasteiger partial charge in [0.25, 0.3) is 0 Å². The number of likely N-dealkylation sites (tertiary alicyclic amines) is 1. The lowest BCUT2D eigenvalue weighted by atomic mass is 9.73. The molecule has 3 heterocycles. The van der Waals surface area contributed by atoms with Gasteiger partial charge >= 0.3 is 0 Å². The molecule has 0 aromatic carbocycles. The Morgan fingerprint density at radius 3 is 2.50 bits per heavy atom. The molecular weight excluding hydrogens is 324 g/mol. The molecule has 4 nitrogen and oxygen atoms in total. The molecule has 0 radical (unpaired) electrons. The van der Waals surface area contributed by atoms with E-state index in [0.717, 1.165) is 32.0 Å². The highest BCUT2D eigenvalue weighted by Gasteiger charge is 2.63. The molecule has 1 amide bonds. The van der Waals surface area contributed by atoms with E-state index in [1.54, 1.807) is 0 Å². The number of nitrogens with zero attached hydrogens (tertiary/aromatic N) is 1. The van der Waals surface area contributed by atoms with Crippen LogP contribution in [0.4, 0.5) is 0 Å². The van der Waals surface area contributed by atoms with Crippen molar-refractivity contribution in [2.45, 2.75) is 94.8 Å². The summed E-state index contributed by atoms with van der Waals surface area (Å²) in [5, 5.41) is 3.36. The van der Waals surface area contributed by atoms with Gasteiger partial charge in [-0.15, -0.1) is 0 Å². The Hall–Kier alpha value is -0.610. The van der Waals surface area contributed by atoms with E-state index in [9.17, 15) is 4.79 Å². The van der Waals surface area contributed by atoms with Gasteiger partial charge in [-0.3, -0.25) is 9.69 Å². The van der Waals surface area contributed by atoms with E-state index in [4.69, 9.17) is 4.74 Å². The third-order valence-electron chi connectivity index (χ3n) is 8.39. The van der Waals surface area contributed by atoms with Crippen LogP contribution in [0.2, 0.25) is 0 Å². The molecular formula is C22H36N2O2. The molecule has 5 rings (SSSR count). The van der Waals surface area contributed by atoms with Gasteiger partial charge in [-0.1, -0.05) is 38.5 Å². The molecule has 146 valence electrons. The zero-order valence-corrected chi connectivity index (χ0v) is 16.3. The second-order valence-corrected chi connectivity index (χ2v) is 9.83. The summed E-state index contributed by atoms with van der Waals surface area (Å²) in [5.41, 5.74) is 0.130. The average Bonchev–Trinajstić information content (AvgIpc) is 3.38. The first-order valence-corrected chi connectivity index (χ1v) is 11.4. The Kier molecular flexibility index (Phi) is 4.77. The number of amides is 1. The van der Waals surface area contributed by atoms with E-state index in [1.807, 2.05) is 0 Å². The van der Waals surface area contributed by atoms with E-state index in [-0.39, 0.29) is 11.5 Å². The number of carbonyl (C=O) groups excluding carboxylic acids is 1. The van der Waals surface area contributed by atoms with Crippen LogP contribution in [0.3, 0.4) is 0 Å². The number of rotatable bonds is 4. The summed E-state index contributed by atoms with van der Waals surface area (Å²) in [7, 11) is 0. The highest BCUT2D eigenvalue weighted by atomic mass is 16.5. The van der Waals surface area contributed by atoms with Crippen molar-refractivity contribution in [3.05, 3.63) is 0 Å². The Morgan fingerprint density at radius 1 is 1.00 bits per heavy atom. The van der Waals surface area contributed by atoms with E-state index < -0.39 is 0 Å². The van der Waals surface area contributed by atoms with Crippen LogP contribution < -0.4 is 5.32 Å². The summed E-state index contributed by atoms with van der Waals surface area (Å²) in [6.45, 7) is 3.22. The minimum Gasteiger partial charge on any atom is -0.370 e. The van der Waals surface area contributed by atoms with E-state index in [1.165, 1.54) is 70.8 Å². The fraction of sp³-hybridized carbons (Fsp3) is 0.955. The molecule has 5 fully saturated rings. The summed E-state index contributed by atoms with van der Waals surface area (Å²) in [6.07, 6.45) is 15.7. The minimum absolute atomic E-state index is 0.130. The van der Waals surface area contributed by atoms with Gasteiger partial charge in [0.05, 0.1) is 11.7 Å². The van der Waals surface area contributed by atoms with Crippen LogP contribution in [0.5, 0.6) is 0 Å². The second-order valence-electron chi connectivity index (χ2n) is 9.83. The molecule has 4 atom stereocenters. The molecule has 3 saturated heterocycles. The van der Waals surface area contributed by atoms with Crippen molar-refractivity contribution in [2.24, 2.45) is 17.8 Å². The number of ether oxygens (including phenoxy) is 1. The largest absolute Gasteiger partial charge is 0.370 e. The monoisotopic (exact) mass is 360 g/mol. The lowest BCUT2D eigenvalue weighted by Crippen LogP contribution is -2.43. The summed E-state index contributed by atoms with van der Waals surface area (Å²) in [4.78, 5) is 15.5. The fourth-order valence-electron chi connectivity index (χ4n) is 6.95. The molecule has 0 unspecified atom stereocenters. The molecule has 26 heavy (non-hydrogen) atoms. The SMILES string of the molecule is O=C(NC[C@H]1[C@H]2CN(C3CCCC3)C[C@]23CC[C@H]1O3)C1CCCCCC1. The first-order valence-electron chi connectivity index (χ1n) is 11.4. The van der Waals surface area contributed by atoms with Gasteiger partial charge in [-0.25, -0.2) is 0 Å². The molecule has 1 N–H and O–H groups in total. The van der Waals surface area contributed by atoms with E-state index >= 15 is 0 Å². The van der Waals surface area contributed by atoms with Crippen LogP contribution in [0, 0.1) is 17.8 Å². The number of nitrogens with one attached hydrogen (secondary N) is 1. The molecule has 2 saturated carbocycles. The molecule has 0 aromatic heterocycles. The Labute approximate surface area is 158 Å². The number of hydrogen-bond acceptors (Lipinski definition) is 3. The third-order valence-corrected chi connectivity index (χ3v) is 8.39. The predicted octanol–water partition coefficient (Wildman–Crippen LogP) is 3.50. The van der Waals surface area contributed by atoms with Crippen LogP contribution in [0.25, 0.3) is 0 Å². The second kappa shape index (κ2) is 7.09. The summed E-state index contributed by atoms with van der Waals surface area (Å²) >= 11 is 0. The van der Waals surface area contributed by atoms with Crippen LogP contribution in [-0.2, 0) is 9.53 Å². The summed E-state index contributed by atoms with van der Waals surface area (Å²) in [5.74, 6) is 1.79. The fourth-order valence-corrected chi connectivity index (χ4v) is 6.95. The lowest BCUT2D eigenvalue weighted by Gasteiger charge is -2.30. The predicted molar refractivity (Wildman–Crippen MR) is 102 cm³/mol. The highest BCUT2D eigenvalue weighted by molar-refractivity contribution is 5.78. The maximum atomic E-state index is 12.7. The first kappa shape index (κ1) is 17.5. The van der Waals surface area contributed by atoms with Crippen molar-refractivity contribution in [3.8, 4) is 0 Å². The summed E-state index contributed by atoms with van der Waals surface area (Å²) < 4.78 is 6.59. The first-order chi connectivity index (χ1) is 12.8. The maximum absolute atomic E-state index is 12.7. The van der Waals surface area contributed by atoms with E-state index in [0.29, 0.717) is 23.8 Å². The Balaban J connectivity index is 1.20. The normalized spacial score (nSPS) is 41.5. The molecule has 2 aliphatic carbocycles. The third kappa shape index (κ3) is 3.01. The van der Waals surface area contributed by atoms with Crippen molar-refractivity contribution >= 4 is 5.91 Å². The van der Waals surface area contributed by atoms with Crippen molar-refractivity contribution < 1.29 is 9.53 Å². The standard InChI is InChI=1S/C22H36N2O2/c25-21(16-7-3-1-2-4-8-16)23-13-18-19-14-24(17-9-5-6-10-17)15-22(19)12-11-20(18)26-22/h16-20H,1-15H2,(H,23,25)/t18-,19+,20+,22+/m0/s1. The van der Waals surface area contributed by atoms with Crippen molar-refractivity contribution in [3.63, 3.8) is 0 Å². The Morgan fingerprint density at radius 2 is 1.73 bits per heavy atom. The molecule has 5 aliphatic rings. The van der Waals surface area contributed by atoms with Gasteiger partial charge in [0.2, 0.25) is 5.91 Å². The van der Waals surface area contributed by atoms with Gasteiger partial charge in [-0.2, -0.15) is 0 Å². The molecule has 0 aromatic rings. The van der Waals surface area contributed by atoms with Crippen LogP contribution >= 0.6 is 0 Å². The average molecular weight is 361 g/mol. The zero-order chi connectivity index (χ0) is 17.6. The Bertz CT molecular complexity index is 524. The van der Waals surface area contributed by atoms with Crippen molar-refractivity contribution in [2.75, 3.05) is 19.6 Å². The van der Waals surface area contributed by atoms with E-state index in [2.05, 4.69) is 10.2 Å². The number of carbonyl (C=O) groups is 1. The number of hydrogen-bond donors (Lipinski definition) is 1. The molecule has 4 heteroatoms. The van der Waals surface area contributed by atoms with Gasteiger partial charge in [-0.05, 0) is 38.5 Å². The van der Waals surface area contributed by atoms with Gasteiger partial charge in [0.1, 0.15) is 0 Å². The van der Waals surface area contributed by atoms with Crippen molar-refractivity contribution in [1.82, 2.24) is 10.2 Å². The lowest BCUT2D eigenvalue weighted by molar-refractivity contribution is -0.125. The van der Waals surface area contributed by atoms with Crippen LogP contribution in [0.15, 0.2) is 0 Å². The quantitative estimate of drug-likeness (QED) is 0.780. The van der Waals surface area contributed by atoms with Gasteiger partial charge in [0, 0.05) is 43.4 Å². The molecule has 3 aliphatic heterocycles. The zero-order valence-electron chi connectivity index (χ0n) is 16.3. The van der Waals surface area contributed by atoms with Crippen LogP contribution in [0.1, 0.15) is 77.0 Å². The topological polar surface area (TPSA) is 41.6 Å². The maximum Gasteiger partial charge on any atom is 0.223 e. The highest BCUT2D eigenvalue weighted by Crippen LogP contribution is 2.55. The smallest absolute Gasteiger partial charge is 0.223 e. The molecule has 1 spiro atoms. The van der Waals surface area contributed by atoms with Crippen molar-refractivity contribution in [1.29, 1.82) is 0 Å².